The Morgan fingerprint density at radius 2 is 1.93 bits per heavy atom. The first-order valence-electron chi connectivity index (χ1n) is 15.0. The number of halogens is 3. The predicted octanol–water partition coefficient (Wildman–Crippen LogP) is 4.50. The molecule has 2 aromatic rings. The number of carbonyl (C=O) groups is 1. The molecule has 0 aliphatic carbocycles. The van der Waals surface area contributed by atoms with Gasteiger partial charge in [-0.25, -0.2) is 9.50 Å². The summed E-state index contributed by atoms with van der Waals surface area (Å²) in [6.07, 6.45) is 2.29. The Balaban J connectivity index is 1.66. The monoisotopic (exact) mass is 578 g/mol. The Hall–Kier alpha value is -2.89. The first kappa shape index (κ1) is 31.1. The fourth-order valence-corrected chi connectivity index (χ4v) is 5.51. The number of imidazole rings is 1. The topological polar surface area (TPSA) is 90.7 Å². The second kappa shape index (κ2) is 13.4. The third-order valence-corrected chi connectivity index (χ3v) is 8.60. The second-order valence-electron chi connectivity index (χ2n) is 11.8. The number of rotatable bonds is 12. The number of fused-ring (bicyclic) bond motifs is 1. The minimum Gasteiger partial charge on any atom is -0.380 e. The van der Waals surface area contributed by atoms with E-state index < -0.39 is 18.0 Å². The van der Waals surface area contributed by atoms with Gasteiger partial charge in [0.1, 0.15) is 5.69 Å². The van der Waals surface area contributed by atoms with Gasteiger partial charge in [-0.15, -0.1) is 0 Å². The number of amides is 1. The molecular weight excluding hydrogens is 533 g/mol. The van der Waals surface area contributed by atoms with E-state index in [1.807, 2.05) is 6.20 Å². The Morgan fingerprint density at radius 3 is 2.59 bits per heavy atom. The summed E-state index contributed by atoms with van der Waals surface area (Å²) in [6, 6.07) is -0.0535. The first-order chi connectivity index (χ1) is 19.5. The molecule has 228 valence electrons. The molecule has 0 saturated carbocycles. The van der Waals surface area contributed by atoms with E-state index in [1.54, 1.807) is 4.52 Å². The zero-order valence-electron chi connectivity index (χ0n) is 24.8. The van der Waals surface area contributed by atoms with Crippen LogP contribution in [0.4, 0.5) is 19.0 Å². The van der Waals surface area contributed by atoms with Crippen LogP contribution < -0.4 is 15.5 Å². The summed E-state index contributed by atoms with van der Waals surface area (Å²) >= 11 is 0. The highest BCUT2D eigenvalue weighted by molar-refractivity contribution is 5.80. The van der Waals surface area contributed by atoms with E-state index in [1.165, 1.54) is 0 Å². The van der Waals surface area contributed by atoms with Crippen molar-refractivity contribution in [3.05, 3.63) is 29.9 Å². The molecule has 2 aliphatic heterocycles. The number of piperidine rings is 1. The third-order valence-electron chi connectivity index (χ3n) is 8.60. The summed E-state index contributed by atoms with van der Waals surface area (Å²) < 4.78 is 42.2. The number of allylic oxidation sites excluding steroid dienone is 1. The van der Waals surface area contributed by atoms with Crippen LogP contribution in [0.15, 0.2) is 18.5 Å². The zero-order chi connectivity index (χ0) is 29.7. The minimum atomic E-state index is -4.36. The van der Waals surface area contributed by atoms with Crippen LogP contribution in [0, 0.1) is 17.8 Å². The van der Waals surface area contributed by atoms with Crippen LogP contribution in [0.25, 0.3) is 5.78 Å². The summed E-state index contributed by atoms with van der Waals surface area (Å²) in [5.74, 6) is -1.08. The van der Waals surface area contributed by atoms with Gasteiger partial charge in [0.15, 0.2) is 5.82 Å². The summed E-state index contributed by atoms with van der Waals surface area (Å²) in [4.78, 5) is 26.8. The Kier molecular flexibility index (Phi) is 10.1. The molecule has 12 heteroatoms. The van der Waals surface area contributed by atoms with Gasteiger partial charge in [-0.05, 0) is 32.2 Å². The molecule has 0 spiro atoms. The molecule has 1 amide bonds. The fraction of sp³-hybridized carbons (Fsp3) is 0.724. The normalized spacial score (nSPS) is 22.0. The molecule has 2 unspecified atom stereocenters. The molecule has 2 aliphatic rings. The summed E-state index contributed by atoms with van der Waals surface area (Å²) in [5, 5.41) is 10.8. The second-order valence-corrected chi connectivity index (χ2v) is 11.8. The van der Waals surface area contributed by atoms with Crippen molar-refractivity contribution < 1.29 is 18.0 Å². The summed E-state index contributed by atoms with van der Waals surface area (Å²) in [7, 11) is 2.05. The van der Waals surface area contributed by atoms with Gasteiger partial charge >= 0.3 is 6.18 Å². The number of hydrogen-bond acceptors (Lipinski definition) is 7. The third kappa shape index (κ3) is 7.90. The number of alkyl halides is 3. The van der Waals surface area contributed by atoms with Crippen LogP contribution in [0.2, 0.25) is 0 Å². The van der Waals surface area contributed by atoms with Gasteiger partial charge in [0.2, 0.25) is 5.91 Å². The molecule has 2 saturated heterocycles. The zero-order valence-corrected chi connectivity index (χ0v) is 24.8. The average Bonchev–Trinajstić information content (AvgIpc) is 3.35. The number of hydrogen-bond donors (Lipinski definition) is 2. The number of carbonyl (C=O) groups excluding carboxylic acids is 1. The van der Waals surface area contributed by atoms with Crippen molar-refractivity contribution in [3.8, 4) is 0 Å². The van der Waals surface area contributed by atoms with Gasteiger partial charge < -0.3 is 20.4 Å². The van der Waals surface area contributed by atoms with Crippen molar-refractivity contribution >= 4 is 17.5 Å². The smallest absolute Gasteiger partial charge is 0.380 e. The molecule has 4 rings (SSSR count). The average molecular weight is 579 g/mol. The molecule has 9 nitrogen and oxygen atoms in total. The lowest BCUT2D eigenvalue weighted by molar-refractivity contribution is -0.183. The Bertz CT molecular complexity index is 1190. The minimum absolute atomic E-state index is 0.0535. The molecule has 0 radical (unpaired) electrons. The maximum atomic E-state index is 13.5. The van der Waals surface area contributed by atoms with Crippen molar-refractivity contribution in [2.75, 3.05) is 44.7 Å². The summed E-state index contributed by atoms with van der Waals surface area (Å²) in [6.45, 7) is 13.3. The van der Waals surface area contributed by atoms with E-state index >= 15 is 0 Å². The van der Waals surface area contributed by atoms with E-state index in [2.05, 4.69) is 54.8 Å². The highest BCUT2D eigenvalue weighted by Crippen LogP contribution is 2.35. The summed E-state index contributed by atoms with van der Waals surface area (Å²) in [5.41, 5.74) is 2.25. The quantitative estimate of drug-likeness (QED) is 0.383. The number of anilines is 1. The van der Waals surface area contributed by atoms with Crippen LogP contribution in [-0.2, 0) is 11.2 Å². The molecule has 4 atom stereocenters. The number of likely N-dealkylation sites (N-methyl/N-ethyl adjacent to an activating group) is 1. The number of piperazine rings is 1. The molecule has 2 N–H and O–H groups in total. The van der Waals surface area contributed by atoms with E-state index in [-0.39, 0.29) is 31.3 Å². The van der Waals surface area contributed by atoms with E-state index in [9.17, 15) is 18.0 Å². The number of nitrogens with zero attached hydrogens (tertiary/aromatic N) is 6. The van der Waals surface area contributed by atoms with E-state index in [0.29, 0.717) is 36.3 Å². The lowest BCUT2D eigenvalue weighted by Gasteiger charge is -2.34. The van der Waals surface area contributed by atoms with E-state index in [4.69, 9.17) is 15.1 Å². The SMILES string of the molecule is C=C(CC)NC(CCC[C@H](C)CC)c1cn2nc(C[C@H]3CC(C(F)(F)F)CNC3=O)c(N3CCN(C)CC3)nc2n1. The molecular formula is C29H45F3N8O. The van der Waals surface area contributed by atoms with Crippen LogP contribution in [0.5, 0.6) is 0 Å². The molecule has 0 aromatic carbocycles. The predicted molar refractivity (Wildman–Crippen MR) is 153 cm³/mol. The maximum absolute atomic E-state index is 13.5. The van der Waals surface area contributed by atoms with E-state index in [0.717, 1.165) is 56.6 Å². The van der Waals surface area contributed by atoms with Crippen molar-refractivity contribution in [2.24, 2.45) is 17.8 Å². The van der Waals surface area contributed by atoms with Crippen LogP contribution >= 0.6 is 0 Å². The molecule has 0 bridgehead atoms. The Morgan fingerprint density at radius 1 is 1.20 bits per heavy atom. The fourth-order valence-electron chi connectivity index (χ4n) is 5.51. The molecule has 4 heterocycles. The van der Waals surface area contributed by atoms with Crippen molar-refractivity contribution in [2.45, 2.75) is 77.9 Å². The standard InChI is InChI=1S/C29H45F3N8O/c1-6-19(3)9-8-10-23(34-20(4)7-2)25-18-40-28(35-25)36-26(39-13-11-38(5)12-14-39)24(37-40)16-21-15-22(29(30,31)32)17-33-27(21)41/h18-19,21-23,34H,4,6-17H2,1-3,5H3,(H,33,41)/t19-,21-,22?,23?/m1/s1. The van der Waals surface area contributed by atoms with Gasteiger partial charge in [-0.1, -0.05) is 46.6 Å². The van der Waals surface area contributed by atoms with Crippen LogP contribution in [-0.4, -0.2) is 76.3 Å². The Labute approximate surface area is 241 Å². The van der Waals surface area contributed by atoms with Gasteiger partial charge in [-0.3, -0.25) is 4.79 Å². The number of nitrogens with one attached hydrogen (secondary N) is 2. The van der Waals surface area contributed by atoms with Gasteiger partial charge in [-0.2, -0.15) is 23.3 Å². The molecule has 2 fully saturated rings. The molecule has 2 aromatic heterocycles. The largest absolute Gasteiger partial charge is 0.393 e. The van der Waals surface area contributed by atoms with Crippen molar-refractivity contribution in [1.29, 1.82) is 0 Å². The van der Waals surface area contributed by atoms with Crippen molar-refractivity contribution in [1.82, 2.24) is 35.1 Å². The number of aromatic nitrogens is 4. The lowest BCUT2D eigenvalue weighted by atomic mass is 9.86. The first-order valence-corrected chi connectivity index (χ1v) is 15.0. The highest BCUT2D eigenvalue weighted by Gasteiger charge is 2.45. The van der Waals surface area contributed by atoms with Crippen LogP contribution in [0.3, 0.4) is 0 Å². The van der Waals surface area contributed by atoms with Gasteiger partial charge in [0, 0.05) is 50.8 Å². The van der Waals surface area contributed by atoms with Gasteiger partial charge in [0.05, 0.1) is 23.9 Å². The lowest BCUT2D eigenvalue weighted by Crippen LogP contribution is -2.48. The van der Waals surface area contributed by atoms with Crippen LogP contribution in [0.1, 0.15) is 76.7 Å². The maximum Gasteiger partial charge on any atom is 0.393 e. The molecule has 41 heavy (non-hydrogen) atoms. The van der Waals surface area contributed by atoms with Gasteiger partial charge in [0.25, 0.3) is 5.78 Å². The van der Waals surface area contributed by atoms with Crippen molar-refractivity contribution in [3.63, 3.8) is 0 Å². The highest BCUT2D eigenvalue weighted by atomic mass is 19.4.